The lowest BCUT2D eigenvalue weighted by Gasteiger charge is -2.22. The molecule has 1 aromatic heterocycles. The lowest BCUT2D eigenvalue weighted by molar-refractivity contribution is -0.146. The second-order valence-corrected chi connectivity index (χ2v) is 4.39. The standard InChI is InChI=1S/C11H20F3N5/c1-3-4-18(9-11(12,13)14)5-6-19-8-10(7-15-2)16-17-19/h8,15H,3-7,9H2,1-2H3. The molecule has 0 spiro atoms. The largest absolute Gasteiger partial charge is 0.401 e. The summed E-state index contributed by atoms with van der Waals surface area (Å²) < 4.78 is 38.7. The van der Waals surface area contributed by atoms with E-state index in [2.05, 4.69) is 15.6 Å². The summed E-state index contributed by atoms with van der Waals surface area (Å²) in [6.45, 7) is 2.74. The monoisotopic (exact) mass is 279 g/mol. The molecule has 19 heavy (non-hydrogen) atoms. The van der Waals surface area contributed by atoms with Crippen LogP contribution in [0.25, 0.3) is 0 Å². The fourth-order valence-corrected chi connectivity index (χ4v) is 1.79. The van der Waals surface area contributed by atoms with Crippen LogP contribution in [0, 0.1) is 0 Å². The van der Waals surface area contributed by atoms with Crippen molar-refractivity contribution in [3.05, 3.63) is 11.9 Å². The predicted molar refractivity (Wildman–Crippen MR) is 65.6 cm³/mol. The average molecular weight is 279 g/mol. The van der Waals surface area contributed by atoms with Crippen molar-refractivity contribution >= 4 is 0 Å². The molecule has 0 amide bonds. The van der Waals surface area contributed by atoms with Crippen LogP contribution in [0.1, 0.15) is 19.0 Å². The molecular weight excluding hydrogens is 259 g/mol. The highest BCUT2D eigenvalue weighted by atomic mass is 19.4. The molecular formula is C11H20F3N5. The van der Waals surface area contributed by atoms with Crippen LogP contribution in [0.15, 0.2) is 6.20 Å². The van der Waals surface area contributed by atoms with E-state index in [0.29, 0.717) is 32.6 Å². The maximum absolute atomic E-state index is 12.4. The quantitative estimate of drug-likeness (QED) is 0.778. The van der Waals surface area contributed by atoms with Crippen molar-refractivity contribution in [2.75, 3.05) is 26.7 Å². The first-order valence-electron chi connectivity index (χ1n) is 6.27. The van der Waals surface area contributed by atoms with E-state index in [1.165, 1.54) is 4.90 Å². The predicted octanol–water partition coefficient (Wildman–Crippen LogP) is 1.27. The van der Waals surface area contributed by atoms with Crippen LogP contribution in [-0.4, -0.2) is 52.8 Å². The highest BCUT2D eigenvalue weighted by Gasteiger charge is 2.30. The molecule has 0 aliphatic rings. The van der Waals surface area contributed by atoms with Gasteiger partial charge in [0.2, 0.25) is 0 Å². The highest BCUT2D eigenvalue weighted by molar-refractivity contribution is 4.91. The first kappa shape index (κ1) is 15.9. The van der Waals surface area contributed by atoms with Gasteiger partial charge in [-0.2, -0.15) is 13.2 Å². The molecule has 1 rings (SSSR count). The van der Waals surface area contributed by atoms with E-state index in [1.807, 2.05) is 6.92 Å². The summed E-state index contributed by atoms with van der Waals surface area (Å²) in [5.41, 5.74) is 0.778. The summed E-state index contributed by atoms with van der Waals surface area (Å²) in [5, 5.41) is 10.7. The summed E-state index contributed by atoms with van der Waals surface area (Å²) in [7, 11) is 1.80. The molecule has 0 saturated carbocycles. The van der Waals surface area contributed by atoms with E-state index >= 15 is 0 Å². The maximum atomic E-state index is 12.4. The smallest absolute Gasteiger partial charge is 0.314 e. The van der Waals surface area contributed by atoms with Crippen LogP contribution in [0.4, 0.5) is 13.2 Å². The van der Waals surface area contributed by atoms with Crippen molar-refractivity contribution in [2.45, 2.75) is 32.6 Å². The Morgan fingerprint density at radius 1 is 1.37 bits per heavy atom. The third kappa shape index (κ3) is 6.53. The third-order valence-corrected chi connectivity index (χ3v) is 2.53. The highest BCUT2D eigenvalue weighted by Crippen LogP contribution is 2.16. The van der Waals surface area contributed by atoms with Gasteiger partial charge in [0, 0.05) is 19.3 Å². The molecule has 0 aliphatic carbocycles. The number of alkyl halides is 3. The minimum atomic E-state index is -4.16. The molecule has 0 fully saturated rings. The zero-order valence-corrected chi connectivity index (χ0v) is 11.2. The Morgan fingerprint density at radius 3 is 2.68 bits per heavy atom. The Bertz CT molecular complexity index is 363. The molecule has 1 aromatic rings. The van der Waals surface area contributed by atoms with Gasteiger partial charge in [-0.25, -0.2) is 0 Å². The fraction of sp³-hybridized carbons (Fsp3) is 0.818. The van der Waals surface area contributed by atoms with E-state index in [-0.39, 0.29) is 0 Å². The SMILES string of the molecule is CCCN(CCn1cc(CNC)nn1)CC(F)(F)F. The number of halogens is 3. The molecule has 110 valence electrons. The van der Waals surface area contributed by atoms with Crippen molar-refractivity contribution in [2.24, 2.45) is 0 Å². The molecule has 0 atom stereocenters. The van der Waals surface area contributed by atoms with Crippen LogP contribution in [0.5, 0.6) is 0 Å². The molecule has 0 aliphatic heterocycles. The molecule has 0 bridgehead atoms. The zero-order valence-electron chi connectivity index (χ0n) is 11.2. The van der Waals surface area contributed by atoms with Gasteiger partial charge >= 0.3 is 6.18 Å². The van der Waals surface area contributed by atoms with Gasteiger partial charge < -0.3 is 5.32 Å². The maximum Gasteiger partial charge on any atom is 0.401 e. The lowest BCUT2D eigenvalue weighted by atomic mass is 10.4. The van der Waals surface area contributed by atoms with Crippen molar-refractivity contribution in [3.8, 4) is 0 Å². The van der Waals surface area contributed by atoms with E-state index in [0.717, 1.165) is 5.69 Å². The Balaban J connectivity index is 2.45. The van der Waals surface area contributed by atoms with Crippen LogP contribution in [-0.2, 0) is 13.1 Å². The van der Waals surface area contributed by atoms with E-state index in [4.69, 9.17) is 0 Å². The van der Waals surface area contributed by atoms with Crippen LogP contribution < -0.4 is 5.32 Å². The Hall–Kier alpha value is -1.15. The topological polar surface area (TPSA) is 46.0 Å². The van der Waals surface area contributed by atoms with Gasteiger partial charge in [0.05, 0.1) is 18.8 Å². The molecule has 0 saturated heterocycles. The number of hydrogen-bond acceptors (Lipinski definition) is 4. The first-order chi connectivity index (χ1) is 8.94. The number of aromatic nitrogens is 3. The van der Waals surface area contributed by atoms with Crippen molar-refractivity contribution in [1.29, 1.82) is 0 Å². The average Bonchev–Trinajstić information content (AvgIpc) is 2.73. The second kappa shape index (κ2) is 7.44. The van der Waals surface area contributed by atoms with Crippen LogP contribution >= 0.6 is 0 Å². The van der Waals surface area contributed by atoms with E-state index in [9.17, 15) is 13.2 Å². The van der Waals surface area contributed by atoms with Crippen LogP contribution in [0.2, 0.25) is 0 Å². The van der Waals surface area contributed by atoms with Crippen molar-refractivity contribution < 1.29 is 13.2 Å². The number of hydrogen-bond donors (Lipinski definition) is 1. The summed E-state index contributed by atoms with van der Waals surface area (Å²) in [6.07, 6.45) is -1.72. The summed E-state index contributed by atoms with van der Waals surface area (Å²) >= 11 is 0. The van der Waals surface area contributed by atoms with Gasteiger partial charge in [-0.3, -0.25) is 9.58 Å². The van der Waals surface area contributed by atoms with Gasteiger partial charge in [0.1, 0.15) is 0 Å². The molecule has 8 heteroatoms. The van der Waals surface area contributed by atoms with E-state index < -0.39 is 12.7 Å². The first-order valence-corrected chi connectivity index (χ1v) is 6.27. The van der Waals surface area contributed by atoms with Gasteiger partial charge in [-0.15, -0.1) is 5.10 Å². The van der Waals surface area contributed by atoms with Gasteiger partial charge in [0.15, 0.2) is 0 Å². The normalized spacial score (nSPS) is 12.3. The van der Waals surface area contributed by atoms with Crippen molar-refractivity contribution in [1.82, 2.24) is 25.2 Å². The Morgan fingerprint density at radius 2 is 2.11 bits per heavy atom. The fourth-order valence-electron chi connectivity index (χ4n) is 1.79. The Kier molecular flexibility index (Phi) is 6.23. The molecule has 1 N–H and O–H groups in total. The zero-order chi connectivity index (χ0) is 14.3. The van der Waals surface area contributed by atoms with Crippen molar-refractivity contribution in [3.63, 3.8) is 0 Å². The minimum absolute atomic E-state index is 0.315. The molecule has 5 nitrogen and oxygen atoms in total. The molecule has 0 unspecified atom stereocenters. The van der Waals surface area contributed by atoms with Gasteiger partial charge in [-0.05, 0) is 20.0 Å². The molecule has 0 radical (unpaired) electrons. The summed E-state index contributed by atoms with van der Waals surface area (Å²) in [5.74, 6) is 0. The molecule has 1 heterocycles. The number of nitrogens with zero attached hydrogens (tertiary/aromatic N) is 4. The van der Waals surface area contributed by atoms with Gasteiger partial charge in [-0.1, -0.05) is 12.1 Å². The van der Waals surface area contributed by atoms with E-state index in [1.54, 1.807) is 17.9 Å². The summed E-state index contributed by atoms with van der Waals surface area (Å²) in [4.78, 5) is 1.39. The third-order valence-electron chi connectivity index (χ3n) is 2.53. The number of nitrogens with one attached hydrogen (secondary N) is 1. The minimum Gasteiger partial charge on any atom is -0.314 e. The van der Waals surface area contributed by atoms with Gasteiger partial charge in [0.25, 0.3) is 0 Å². The second-order valence-electron chi connectivity index (χ2n) is 4.39. The number of rotatable bonds is 8. The Labute approximate surface area is 110 Å². The summed E-state index contributed by atoms with van der Waals surface area (Å²) in [6, 6.07) is 0. The molecule has 0 aromatic carbocycles. The van der Waals surface area contributed by atoms with Crippen LogP contribution in [0.3, 0.4) is 0 Å². The lowest BCUT2D eigenvalue weighted by Crippen LogP contribution is -2.37.